The summed E-state index contributed by atoms with van der Waals surface area (Å²) in [5.41, 5.74) is 0.830. The molecule has 0 saturated heterocycles. The predicted octanol–water partition coefficient (Wildman–Crippen LogP) is 2.96. The fourth-order valence-electron chi connectivity index (χ4n) is 2.25. The van der Waals surface area contributed by atoms with E-state index < -0.39 is 11.9 Å². The van der Waals surface area contributed by atoms with Crippen molar-refractivity contribution in [3.05, 3.63) is 29.8 Å². The number of ether oxygens (including phenoxy) is 2. The number of carbonyl (C=O) groups excluding carboxylic acids is 2. The molecule has 0 aliphatic carbocycles. The van der Waals surface area contributed by atoms with Crippen LogP contribution in [0.5, 0.6) is 5.75 Å². The maximum absolute atomic E-state index is 12.1. The fraction of sp³-hybridized carbons (Fsp3) is 0.500. The quantitative estimate of drug-likeness (QED) is 0.593. The molecule has 2 unspecified atom stereocenters. The highest BCUT2D eigenvalue weighted by atomic mass is 16.5. The van der Waals surface area contributed by atoms with Gasteiger partial charge in [-0.3, -0.25) is 9.59 Å². The molecule has 0 saturated carbocycles. The van der Waals surface area contributed by atoms with Crippen LogP contribution in [-0.4, -0.2) is 25.0 Å². The van der Waals surface area contributed by atoms with Gasteiger partial charge in [0.1, 0.15) is 17.5 Å². The third-order valence-corrected chi connectivity index (χ3v) is 3.17. The van der Waals surface area contributed by atoms with Crippen molar-refractivity contribution >= 4 is 11.8 Å². The van der Waals surface area contributed by atoms with Gasteiger partial charge in [-0.05, 0) is 32.4 Å². The smallest absolute Gasteiger partial charge is 0.317 e. The Morgan fingerprint density at radius 3 is 2.20 bits per heavy atom. The van der Waals surface area contributed by atoms with Gasteiger partial charge in [0.2, 0.25) is 0 Å². The largest absolute Gasteiger partial charge is 0.496 e. The first-order valence-corrected chi connectivity index (χ1v) is 6.72. The summed E-state index contributed by atoms with van der Waals surface area (Å²) in [5, 5.41) is 0. The van der Waals surface area contributed by atoms with E-state index in [9.17, 15) is 9.59 Å². The summed E-state index contributed by atoms with van der Waals surface area (Å²) < 4.78 is 10.5. The van der Waals surface area contributed by atoms with Crippen molar-refractivity contribution in [2.75, 3.05) is 7.11 Å². The summed E-state index contributed by atoms with van der Waals surface area (Å²) in [6.07, 6.45) is -0.241. The predicted molar refractivity (Wildman–Crippen MR) is 76.8 cm³/mol. The molecular weight excluding hydrogens is 256 g/mol. The lowest BCUT2D eigenvalue weighted by atomic mass is 9.84. The molecule has 1 aromatic carbocycles. The number of hydrogen-bond acceptors (Lipinski definition) is 4. The Morgan fingerprint density at radius 1 is 1.10 bits per heavy atom. The number of Topliss-reactive ketones (excluding diaryl/α,β-unsaturated/α-hetero) is 1. The fourth-order valence-corrected chi connectivity index (χ4v) is 2.25. The Bertz CT molecular complexity index is 479. The maximum atomic E-state index is 12.1. The van der Waals surface area contributed by atoms with E-state index >= 15 is 0 Å². The Labute approximate surface area is 120 Å². The van der Waals surface area contributed by atoms with Crippen LogP contribution in [0.2, 0.25) is 0 Å². The standard InChI is InChI=1S/C16H22O4/c1-10(2)20-16(18)15(12(4)17)11(3)13-8-6-7-9-14(13)19-5/h6-11,15H,1-5H3. The molecular formula is C16H22O4. The van der Waals surface area contributed by atoms with Gasteiger partial charge in [0.05, 0.1) is 13.2 Å². The van der Waals surface area contributed by atoms with Crippen molar-refractivity contribution in [3.63, 3.8) is 0 Å². The van der Waals surface area contributed by atoms with E-state index in [0.29, 0.717) is 5.75 Å². The summed E-state index contributed by atoms with van der Waals surface area (Å²) in [4.78, 5) is 24.0. The molecule has 4 nitrogen and oxygen atoms in total. The summed E-state index contributed by atoms with van der Waals surface area (Å²) in [6, 6.07) is 7.39. The number of ketones is 1. The lowest BCUT2D eigenvalue weighted by Gasteiger charge is -2.23. The zero-order valence-corrected chi connectivity index (χ0v) is 12.7. The minimum atomic E-state index is -0.811. The molecule has 1 aromatic rings. The SMILES string of the molecule is COc1ccccc1C(C)C(C(C)=O)C(=O)OC(C)C. The molecule has 0 heterocycles. The Kier molecular flexibility index (Phi) is 5.74. The summed E-state index contributed by atoms with van der Waals surface area (Å²) >= 11 is 0. The number of hydrogen-bond donors (Lipinski definition) is 0. The zero-order valence-electron chi connectivity index (χ0n) is 12.7. The van der Waals surface area contributed by atoms with E-state index in [2.05, 4.69) is 0 Å². The van der Waals surface area contributed by atoms with Crippen LogP contribution in [-0.2, 0) is 14.3 Å². The number of benzene rings is 1. The van der Waals surface area contributed by atoms with Gasteiger partial charge in [-0.25, -0.2) is 0 Å². The molecule has 4 heteroatoms. The maximum Gasteiger partial charge on any atom is 0.317 e. The molecule has 0 N–H and O–H groups in total. The van der Waals surface area contributed by atoms with Gasteiger partial charge in [0, 0.05) is 5.92 Å². The average molecular weight is 278 g/mol. The summed E-state index contributed by atoms with van der Waals surface area (Å²) in [5.74, 6) is -1.12. The lowest BCUT2D eigenvalue weighted by molar-refractivity contribution is -0.155. The van der Waals surface area contributed by atoms with E-state index in [0.717, 1.165) is 5.56 Å². The first-order valence-electron chi connectivity index (χ1n) is 6.72. The monoisotopic (exact) mass is 278 g/mol. The molecule has 0 amide bonds. The third-order valence-electron chi connectivity index (χ3n) is 3.17. The summed E-state index contributed by atoms with van der Waals surface area (Å²) in [6.45, 7) is 6.79. The van der Waals surface area contributed by atoms with E-state index in [1.807, 2.05) is 31.2 Å². The molecule has 0 aromatic heterocycles. The highest BCUT2D eigenvalue weighted by Gasteiger charge is 2.33. The minimum Gasteiger partial charge on any atom is -0.496 e. The minimum absolute atomic E-state index is 0.200. The number of para-hydroxylation sites is 1. The van der Waals surface area contributed by atoms with Crippen LogP contribution in [0.1, 0.15) is 39.2 Å². The van der Waals surface area contributed by atoms with Gasteiger partial charge in [0.15, 0.2) is 0 Å². The van der Waals surface area contributed by atoms with Crippen LogP contribution >= 0.6 is 0 Å². The van der Waals surface area contributed by atoms with Crippen LogP contribution < -0.4 is 4.74 Å². The Balaban J connectivity index is 3.08. The second kappa shape index (κ2) is 7.08. The van der Waals surface area contributed by atoms with Crippen LogP contribution in [0.15, 0.2) is 24.3 Å². The topological polar surface area (TPSA) is 52.6 Å². The van der Waals surface area contributed by atoms with E-state index in [1.165, 1.54) is 6.92 Å². The normalized spacial score (nSPS) is 13.7. The van der Waals surface area contributed by atoms with Gasteiger partial charge in [-0.2, -0.15) is 0 Å². The van der Waals surface area contributed by atoms with Crippen LogP contribution in [0, 0.1) is 5.92 Å². The van der Waals surface area contributed by atoms with Gasteiger partial charge in [-0.15, -0.1) is 0 Å². The first-order chi connectivity index (χ1) is 9.38. The van der Waals surface area contributed by atoms with Gasteiger partial charge < -0.3 is 9.47 Å². The molecule has 20 heavy (non-hydrogen) atoms. The second-order valence-corrected chi connectivity index (χ2v) is 5.10. The van der Waals surface area contributed by atoms with Crippen LogP contribution in [0.4, 0.5) is 0 Å². The molecule has 110 valence electrons. The average Bonchev–Trinajstić information content (AvgIpc) is 2.37. The lowest BCUT2D eigenvalue weighted by Crippen LogP contribution is -2.31. The number of methoxy groups -OCH3 is 1. The number of esters is 1. The first kappa shape index (κ1) is 16.2. The van der Waals surface area contributed by atoms with Crippen molar-refractivity contribution < 1.29 is 19.1 Å². The van der Waals surface area contributed by atoms with Crippen molar-refractivity contribution in [1.29, 1.82) is 0 Å². The highest BCUT2D eigenvalue weighted by molar-refractivity contribution is 5.98. The Hall–Kier alpha value is -1.84. The van der Waals surface area contributed by atoms with Crippen LogP contribution in [0.3, 0.4) is 0 Å². The van der Waals surface area contributed by atoms with Crippen molar-refractivity contribution in [2.24, 2.45) is 5.92 Å². The van der Waals surface area contributed by atoms with E-state index in [1.54, 1.807) is 21.0 Å². The van der Waals surface area contributed by atoms with Gasteiger partial charge in [-0.1, -0.05) is 25.1 Å². The van der Waals surface area contributed by atoms with Gasteiger partial charge >= 0.3 is 5.97 Å². The van der Waals surface area contributed by atoms with Crippen LogP contribution in [0.25, 0.3) is 0 Å². The molecule has 0 aliphatic rings. The molecule has 0 fully saturated rings. The number of carbonyl (C=O) groups is 2. The second-order valence-electron chi connectivity index (χ2n) is 5.10. The van der Waals surface area contributed by atoms with Crippen molar-refractivity contribution in [1.82, 2.24) is 0 Å². The van der Waals surface area contributed by atoms with E-state index in [-0.39, 0.29) is 17.8 Å². The molecule has 2 atom stereocenters. The molecule has 0 radical (unpaired) electrons. The third kappa shape index (κ3) is 3.83. The van der Waals surface area contributed by atoms with Gasteiger partial charge in [0.25, 0.3) is 0 Å². The Morgan fingerprint density at radius 2 is 1.70 bits per heavy atom. The molecule has 0 bridgehead atoms. The zero-order chi connectivity index (χ0) is 15.3. The van der Waals surface area contributed by atoms with Crippen molar-refractivity contribution in [2.45, 2.75) is 39.7 Å². The molecule has 0 aliphatic heterocycles. The highest BCUT2D eigenvalue weighted by Crippen LogP contribution is 2.32. The van der Waals surface area contributed by atoms with Crippen molar-refractivity contribution in [3.8, 4) is 5.75 Å². The summed E-state index contributed by atoms with van der Waals surface area (Å²) in [7, 11) is 1.57. The number of rotatable bonds is 6. The van der Waals surface area contributed by atoms with E-state index in [4.69, 9.17) is 9.47 Å². The molecule has 1 rings (SSSR count). The molecule has 0 spiro atoms.